The lowest BCUT2D eigenvalue weighted by Crippen LogP contribution is -2.35. The molecule has 2 aliphatic rings. The zero-order valence-corrected chi connectivity index (χ0v) is 18.9. The number of nitrogens with zero attached hydrogens (tertiary/aromatic N) is 2. The fourth-order valence-corrected chi connectivity index (χ4v) is 4.60. The van der Waals surface area contributed by atoms with Crippen molar-refractivity contribution in [3.05, 3.63) is 70.9 Å². The summed E-state index contributed by atoms with van der Waals surface area (Å²) >= 11 is 0. The van der Waals surface area contributed by atoms with Gasteiger partial charge in [-0.1, -0.05) is 30.3 Å². The number of benzene rings is 2. The largest absolute Gasteiger partial charge is 0.497 e. The normalized spacial score (nSPS) is 16.2. The maximum absolute atomic E-state index is 13.2. The van der Waals surface area contributed by atoms with Crippen LogP contribution in [0.15, 0.2) is 48.5 Å². The molecule has 1 aliphatic carbocycles. The summed E-state index contributed by atoms with van der Waals surface area (Å²) < 4.78 is 10.7. The van der Waals surface area contributed by atoms with Gasteiger partial charge in [-0.3, -0.25) is 14.5 Å². The highest BCUT2D eigenvalue weighted by Crippen LogP contribution is 2.38. The lowest BCUT2D eigenvalue weighted by molar-refractivity contribution is -0.143. The monoisotopic (exact) mass is 456 g/mol. The summed E-state index contributed by atoms with van der Waals surface area (Å²) in [4.78, 5) is 43.4. The van der Waals surface area contributed by atoms with Crippen LogP contribution in [0.4, 0.5) is 0 Å². The molecule has 1 aromatic heterocycles. The Morgan fingerprint density at radius 3 is 2.59 bits per heavy atom. The molecule has 2 amide bonds. The van der Waals surface area contributed by atoms with E-state index in [0.29, 0.717) is 42.3 Å². The van der Waals surface area contributed by atoms with Crippen molar-refractivity contribution in [2.45, 2.75) is 25.7 Å². The lowest BCUT2D eigenvalue weighted by atomic mass is 10.0. The minimum absolute atomic E-state index is 0.218. The molecule has 34 heavy (non-hydrogen) atoms. The minimum Gasteiger partial charge on any atom is -0.497 e. The quantitative estimate of drug-likeness (QED) is 0.539. The summed E-state index contributed by atoms with van der Waals surface area (Å²) in [6.07, 6.45) is 4.46. The Hall–Kier alpha value is -4.00. The minimum atomic E-state index is -0.569. The lowest BCUT2D eigenvalue weighted by Gasteiger charge is -2.15. The van der Waals surface area contributed by atoms with Gasteiger partial charge in [0.25, 0.3) is 5.91 Å². The van der Waals surface area contributed by atoms with Crippen molar-refractivity contribution in [3.63, 3.8) is 0 Å². The molecular weight excluding hydrogens is 432 g/mol. The number of rotatable bonds is 5. The van der Waals surface area contributed by atoms with Crippen LogP contribution in [0.25, 0.3) is 22.6 Å². The first-order valence-corrected chi connectivity index (χ1v) is 11.3. The van der Waals surface area contributed by atoms with Crippen molar-refractivity contribution >= 4 is 40.3 Å². The van der Waals surface area contributed by atoms with Crippen LogP contribution in [-0.4, -0.2) is 47.9 Å². The molecule has 1 aliphatic heterocycles. The Kier molecular flexibility index (Phi) is 5.84. The number of allylic oxidation sites excluding steroid dienone is 1. The second kappa shape index (κ2) is 9.09. The molecule has 2 aromatic carbocycles. The molecule has 0 atom stereocenters. The van der Waals surface area contributed by atoms with E-state index in [1.165, 1.54) is 0 Å². The number of imide groups is 1. The molecule has 172 valence electrons. The highest BCUT2D eigenvalue weighted by molar-refractivity contribution is 6.08. The highest BCUT2D eigenvalue weighted by Gasteiger charge is 2.30. The van der Waals surface area contributed by atoms with Gasteiger partial charge in [0.1, 0.15) is 5.75 Å². The second-order valence-corrected chi connectivity index (χ2v) is 8.39. The molecule has 7 nitrogen and oxygen atoms in total. The van der Waals surface area contributed by atoms with Crippen LogP contribution in [0.2, 0.25) is 0 Å². The van der Waals surface area contributed by atoms with Crippen molar-refractivity contribution in [2.24, 2.45) is 0 Å². The topological polar surface area (TPSA) is 85.8 Å². The van der Waals surface area contributed by atoms with Gasteiger partial charge in [0.2, 0.25) is 5.91 Å². The van der Waals surface area contributed by atoms with Gasteiger partial charge in [0.05, 0.1) is 23.9 Å². The number of ether oxygens (including phenoxy) is 2. The van der Waals surface area contributed by atoms with E-state index in [1.54, 1.807) is 7.11 Å². The molecule has 1 saturated heterocycles. The third-order valence-electron chi connectivity index (χ3n) is 6.30. The Morgan fingerprint density at radius 1 is 1.06 bits per heavy atom. The number of esters is 1. The number of hydrogen-bond donors (Lipinski definition) is 0. The Labute approximate surface area is 197 Å². The number of carbonyl (C=O) groups excluding carboxylic acids is 3. The number of likely N-dealkylation sites (tertiary alicyclic amines) is 1. The van der Waals surface area contributed by atoms with Crippen LogP contribution in [0, 0.1) is 0 Å². The van der Waals surface area contributed by atoms with E-state index < -0.39 is 18.5 Å². The number of aromatic nitrogens is 1. The predicted octanol–water partition coefficient (Wildman–Crippen LogP) is 4.04. The molecule has 5 rings (SSSR count). The van der Waals surface area contributed by atoms with Crippen molar-refractivity contribution in [1.29, 1.82) is 0 Å². The van der Waals surface area contributed by atoms with Crippen LogP contribution >= 0.6 is 0 Å². The Morgan fingerprint density at radius 2 is 1.85 bits per heavy atom. The zero-order valence-electron chi connectivity index (χ0n) is 18.9. The summed E-state index contributed by atoms with van der Waals surface area (Å²) in [6.45, 7) is -0.0765. The summed E-state index contributed by atoms with van der Waals surface area (Å²) in [7, 11) is 1.63. The highest BCUT2D eigenvalue weighted by atomic mass is 16.5. The van der Waals surface area contributed by atoms with E-state index in [9.17, 15) is 14.4 Å². The number of para-hydroxylation sites is 1. The van der Waals surface area contributed by atoms with Crippen molar-refractivity contribution in [2.75, 3.05) is 20.3 Å². The maximum Gasteiger partial charge on any atom is 0.339 e. The van der Waals surface area contributed by atoms with Gasteiger partial charge in [-0.2, -0.15) is 0 Å². The van der Waals surface area contributed by atoms with Crippen molar-refractivity contribution in [1.82, 2.24) is 9.88 Å². The molecule has 0 spiro atoms. The molecule has 3 aromatic rings. The van der Waals surface area contributed by atoms with Gasteiger partial charge in [-0.05, 0) is 60.2 Å². The number of hydrogen-bond acceptors (Lipinski definition) is 6. The van der Waals surface area contributed by atoms with Crippen LogP contribution in [0.5, 0.6) is 5.75 Å². The first-order chi connectivity index (χ1) is 16.5. The Balaban J connectivity index is 1.47. The van der Waals surface area contributed by atoms with Gasteiger partial charge in [-0.25, -0.2) is 9.78 Å². The zero-order chi connectivity index (χ0) is 23.7. The number of methoxy groups -OCH3 is 1. The number of carbonyl (C=O) groups is 3. The first kappa shape index (κ1) is 21.8. The van der Waals surface area contributed by atoms with E-state index in [1.807, 2.05) is 48.5 Å². The molecular formula is C27H24N2O5. The third-order valence-corrected chi connectivity index (χ3v) is 6.30. The van der Waals surface area contributed by atoms with Crippen LogP contribution in [0.3, 0.4) is 0 Å². The van der Waals surface area contributed by atoms with E-state index in [0.717, 1.165) is 39.5 Å². The van der Waals surface area contributed by atoms with Gasteiger partial charge in [0, 0.05) is 18.4 Å². The molecule has 0 saturated carbocycles. The number of pyridine rings is 1. The van der Waals surface area contributed by atoms with Crippen molar-refractivity contribution in [3.8, 4) is 5.75 Å². The molecule has 0 bridgehead atoms. The second-order valence-electron chi connectivity index (χ2n) is 8.39. The van der Waals surface area contributed by atoms with Crippen LogP contribution in [0.1, 0.15) is 46.4 Å². The fourth-order valence-electron chi connectivity index (χ4n) is 4.60. The summed E-state index contributed by atoms with van der Waals surface area (Å²) in [5.74, 6) is -0.482. The van der Waals surface area contributed by atoms with E-state index in [2.05, 4.69) is 6.08 Å². The van der Waals surface area contributed by atoms with Crippen LogP contribution in [-0.2, 0) is 20.7 Å². The van der Waals surface area contributed by atoms with Gasteiger partial charge in [-0.15, -0.1) is 0 Å². The number of amides is 2. The smallest absolute Gasteiger partial charge is 0.339 e. The number of fused-ring (bicyclic) bond motifs is 2. The van der Waals surface area contributed by atoms with E-state index >= 15 is 0 Å². The fraction of sp³-hybridized carbons (Fsp3) is 0.259. The summed E-state index contributed by atoms with van der Waals surface area (Å²) in [6, 6.07) is 15.2. The third kappa shape index (κ3) is 4.05. The van der Waals surface area contributed by atoms with E-state index in [-0.39, 0.29) is 5.91 Å². The van der Waals surface area contributed by atoms with Crippen molar-refractivity contribution < 1.29 is 23.9 Å². The standard InChI is InChI=1S/C27H24N2O5/c1-33-19-11-8-17(9-12-19)15-18-10-13-21-25(20-5-2-3-6-22(20)28-26(18)21)27(32)34-16-24(31)29-14-4-7-23(29)30/h2-3,5-6,8-9,11-12,15H,4,7,10,13-14,16H2,1H3/b18-15+. The SMILES string of the molecule is COc1ccc(/C=C2\CCc3c2nc2ccccc2c3C(=O)OCC(=O)N2CCCC2=O)cc1. The molecule has 7 heteroatoms. The summed E-state index contributed by atoms with van der Waals surface area (Å²) in [5.41, 5.74) is 4.80. The average molecular weight is 456 g/mol. The first-order valence-electron chi connectivity index (χ1n) is 11.3. The molecule has 0 N–H and O–H groups in total. The molecule has 1 fully saturated rings. The predicted molar refractivity (Wildman–Crippen MR) is 127 cm³/mol. The van der Waals surface area contributed by atoms with Gasteiger partial charge in [0.15, 0.2) is 6.61 Å². The Bertz CT molecular complexity index is 1330. The molecule has 0 radical (unpaired) electrons. The van der Waals surface area contributed by atoms with Crippen LogP contribution < -0.4 is 4.74 Å². The van der Waals surface area contributed by atoms with Gasteiger partial charge >= 0.3 is 5.97 Å². The average Bonchev–Trinajstić information content (AvgIpc) is 3.47. The molecule has 2 heterocycles. The maximum atomic E-state index is 13.2. The van der Waals surface area contributed by atoms with Gasteiger partial charge < -0.3 is 9.47 Å². The molecule has 0 unspecified atom stereocenters. The summed E-state index contributed by atoms with van der Waals surface area (Å²) in [5, 5.41) is 0.696. The van der Waals surface area contributed by atoms with E-state index in [4.69, 9.17) is 14.5 Å².